The highest BCUT2D eigenvalue weighted by Crippen LogP contribution is 2.41. The molecule has 1 unspecified atom stereocenters. The monoisotopic (exact) mass is 826 g/mol. The van der Waals surface area contributed by atoms with Gasteiger partial charge in [-0.1, -0.05) is 6.07 Å². The SMILES string of the molecule is CS(=O)(=O)c1ccc(Nc2nc(N3CCC[C@@H](NC(=O)N4CCC5(CCN(Cc6ccc7c(c6)C(=O)N(C6CCC(=O)NC6=O)C7=O)C5)CC4)C3)cnc2C(N)=O)cc1. The minimum atomic E-state index is -3.38. The summed E-state index contributed by atoms with van der Waals surface area (Å²) < 4.78 is 23.8. The molecule has 4 saturated heterocycles. The van der Waals surface area contributed by atoms with Crippen LogP contribution in [0.3, 0.4) is 0 Å². The fourth-order valence-electron chi connectivity index (χ4n) is 8.92. The van der Waals surface area contributed by atoms with Gasteiger partial charge in [0.2, 0.25) is 11.8 Å². The minimum Gasteiger partial charge on any atom is -0.364 e. The van der Waals surface area contributed by atoms with E-state index in [1.54, 1.807) is 24.3 Å². The molecule has 1 spiro atoms. The Balaban J connectivity index is 0.836. The molecule has 1 aromatic heterocycles. The number of aromatic nitrogens is 2. The number of benzene rings is 2. The number of urea groups is 1. The average molecular weight is 827 g/mol. The molecule has 59 heavy (non-hydrogen) atoms. The summed E-state index contributed by atoms with van der Waals surface area (Å²) in [5.41, 5.74) is 7.54. The zero-order valence-corrected chi connectivity index (χ0v) is 33.4. The van der Waals surface area contributed by atoms with Gasteiger partial charge in [0.1, 0.15) is 11.9 Å². The third-order valence-corrected chi connectivity index (χ3v) is 13.3. The van der Waals surface area contributed by atoms with Gasteiger partial charge in [-0.15, -0.1) is 0 Å². The predicted octanol–water partition coefficient (Wildman–Crippen LogP) is 1.79. The molecule has 19 heteroatoms. The van der Waals surface area contributed by atoms with Gasteiger partial charge in [0.05, 0.1) is 22.2 Å². The zero-order chi connectivity index (χ0) is 41.6. The Labute approximate surface area is 340 Å². The number of nitrogens with zero attached hydrogens (tertiary/aromatic N) is 6. The van der Waals surface area contributed by atoms with E-state index in [0.717, 1.165) is 61.9 Å². The Morgan fingerprint density at radius 3 is 2.39 bits per heavy atom. The molecule has 8 rings (SSSR count). The topological polar surface area (TPSA) is 237 Å². The van der Waals surface area contributed by atoms with Crippen molar-refractivity contribution in [3.8, 4) is 0 Å². The maximum atomic E-state index is 13.5. The second-order valence-corrected chi connectivity index (χ2v) is 18.2. The van der Waals surface area contributed by atoms with Gasteiger partial charge in [-0.05, 0) is 92.4 Å². The molecule has 5 N–H and O–H groups in total. The van der Waals surface area contributed by atoms with Gasteiger partial charge in [-0.25, -0.2) is 23.2 Å². The molecule has 2 atom stereocenters. The van der Waals surface area contributed by atoms with E-state index < -0.39 is 45.4 Å². The van der Waals surface area contributed by atoms with E-state index in [1.165, 1.54) is 18.3 Å². The van der Waals surface area contributed by atoms with E-state index in [9.17, 15) is 37.2 Å². The van der Waals surface area contributed by atoms with Crippen LogP contribution in [0.2, 0.25) is 0 Å². The number of carbonyl (C=O) groups is 6. The lowest BCUT2D eigenvalue weighted by Crippen LogP contribution is -2.54. The van der Waals surface area contributed by atoms with Crippen LogP contribution in [0.15, 0.2) is 53.6 Å². The van der Waals surface area contributed by atoms with Crippen molar-refractivity contribution in [1.29, 1.82) is 0 Å². The molecule has 2 aromatic carbocycles. The van der Waals surface area contributed by atoms with Crippen molar-refractivity contribution >= 4 is 62.7 Å². The van der Waals surface area contributed by atoms with Crippen LogP contribution in [-0.4, -0.2) is 126 Å². The third-order valence-electron chi connectivity index (χ3n) is 12.2. The number of hydrogen-bond acceptors (Lipinski definition) is 13. The lowest BCUT2D eigenvalue weighted by atomic mass is 9.78. The van der Waals surface area contributed by atoms with E-state index in [1.807, 2.05) is 15.9 Å². The first kappa shape index (κ1) is 39.9. The second kappa shape index (κ2) is 15.7. The summed E-state index contributed by atoms with van der Waals surface area (Å²) in [5, 5.41) is 8.49. The highest BCUT2D eigenvalue weighted by molar-refractivity contribution is 7.90. The molecular formula is C40H46N10O8S. The van der Waals surface area contributed by atoms with Crippen LogP contribution < -0.4 is 26.6 Å². The lowest BCUT2D eigenvalue weighted by molar-refractivity contribution is -0.136. The number of hydrogen-bond donors (Lipinski definition) is 4. The minimum absolute atomic E-state index is 0.0615. The molecule has 0 aliphatic carbocycles. The number of sulfone groups is 1. The summed E-state index contributed by atoms with van der Waals surface area (Å²) in [4.78, 5) is 92.6. The van der Waals surface area contributed by atoms with Crippen molar-refractivity contribution in [3.05, 3.63) is 71.0 Å². The molecular weight excluding hydrogens is 781 g/mol. The van der Waals surface area contributed by atoms with E-state index >= 15 is 0 Å². The number of carbonyl (C=O) groups excluding carboxylic acids is 6. The first-order valence-corrected chi connectivity index (χ1v) is 21.7. The Morgan fingerprint density at radius 2 is 1.68 bits per heavy atom. The maximum absolute atomic E-state index is 13.5. The van der Waals surface area contributed by atoms with Crippen LogP contribution in [0.5, 0.6) is 0 Å². The number of nitrogens with two attached hydrogens (primary N) is 1. The van der Waals surface area contributed by atoms with Gasteiger partial charge in [0, 0.05) is 63.7 Å². The largest absolute Gasteiger partial charge is 0.364 e. The van der Waals surface area contributed by atoms with Crippen molar-refractivity contribution in [2.75, 3.05) is 55.7 Å². The molecule has 3 aromatic rings. The number of amides is 7. The summed E-state index contributed by atoms with van der Waals surface area (Å²) in [6.45, 7) is 4.73. The lowest BCUT2D eigenvalue weighted by Gasteiger charge is -2.40. The molecule has 7 amide bonds. The standard InChI is InChI=1S/C40H46N10O8S/c1-59(57,58)27-7-5-25(6-8-27)43-35-33(34(41)52)42-20-31(45-35)49-15-2-3-26(22-49)44-39(56)48-17-13-40(14-18-48)12-16-47(23-40)21-24-4-9-28-29(19-24)38(55)50(37(28)54)30-10-11-32(51)46-36(30)53/h4-9,19-20,26,30H,2-3,10-18,21-23H2,1H3,(H2,41,52)(H,43,45)(H,44,56)(H,46,51,53)/t26-,30?/m1/s1. The quantitative estimate of drug-likeness (QED) is 0.226. The van der Waals surface area contributed by atoms with E-state index in [2.05, 4.69) is 30.8 Å². The number of fused-ring (bicyclic) bond motifs is 1. The fourth-order valence-corrected chi connectivity index (χ4v) is 9.55. The normalized spacial score (nSPS) is 22.1. The summed E-state index contributed by atoms with van der Waals surface area (Å²) in [7, 11) is -3.38. The smallest absolute Gasteiger partial charge is 0.317 e. The van der Waals surface area contributed by atoms with Crippen molar-refractivity contribution in [2.45, 2.75) is 68.5 Å². The molecule has 5 aliphatic rings. The number of likely N-dealkylation sites (tertiary alicyclic amines) is 2. The first-order valence-electron chi connectivity index (χ1n) is 19.8. The predicted molar refractivity (Wildman–Crippen MR) is 213 cm³/mol. The van der Waals surface area contributed by atoms with Gasteiger partial charge in [0.25, 0.3) is 17.7 Å². The number of imide groups is 2. The van der Waals surface area contributed by atoms with Gasteiger partial charge in [-0.2, -0.15) is 0 Å². The van der Waals surface area contributed by atoms with Crippen LogP contribution in [0.25, 0.3) is 0 Å². The fraction of sp³-hybridized carbons (Fsp3) is 0.450. The molecule has 0 bridgehead atoms. The van der Waals surface area contributed by atoms with Crippen LogP contribution in [0.4, 0.5) is 22.1 Å². The van der Waals surface area contributed by atoms with Crippen molar-refractivity contribution < 1.29 is 37.2 Å². The second-order valence-electron chi connectivity index (χ2n) is 16.2. The maximum Gasteiger partial charge on any atom is 0.317 e. The molecule has 5 aliphatic heterocycles. The molecule has 4 fully saturated rings. The van der Waals surface area contributed by atoms with Crippen molar-refractivity contribution in [3.63, 3.8) is 0 Å². The summed E-state index contributed by atoms with van der Waals surface area (Å²) in [6, 6.07) is 10.0. The molecule has 0 radical (unpaired) electrons. The van der Waals surface area contributed by atoms with Gasteiger partial charge >= 0.3 is 6.03 Å². The Kier molecular flexibility index (Phi) is 10.6. The summed E-state index contributed by atoms with van der Waals surface area (Å²) in [5.74, 6) is -2.21. The van der Waals surface area contributed by atoms with Gasteiger partial charge in [-0.3, -0.25) is 39.1 Å². The molecule has 310 valence electrons. The van der Waals surface area contributed by atoms with E-state index in [-0.39, 0.29) is 57.9 Å². The molecule has 0 saturated carbocycles. The summed E-state index contributed by atoms with van der Waals surface area (Å²) >= 11 is 0. The van der Waals surface area contributed by atoms with Crippen LogP contribution >= 0.6 is 0 Å². The third kappa shape index (κ3) is 8.21. The van der Waals surface area contributed by atoms with E-state index in [4.69, 9.17) is 5.73 Å². The highest BCUT2D eigenvalue weighted by Gasteiger charge is 2.45. The highest BCUT2D eigenvalue weighted by atomic mass is 32.2. The van der Waals surface area contributed by atoms with Gasteiger partial charge < -0.3 is 26.2 Å². The number of piperidine rings is 3. The van der Waals surface area contributed by atoms with Crippen LogP contribution in [-0.2, 0) is 26.0 Å². The molecule has 6 heterocycles. The number of primary amides is 1. The van der Waals surface area contributed by atoms with Crippen LogP contribution in [0.1, 0.15) is 81.7 Å². The van der Waals surface area contributed by atoms with Crippen molar-refractivity contribution in [1.82, 2.24) is 35.3 Å². The zero-order valence-electron chi connectivity index (χ0n) is 32.6. The van der Waals surface area contributed by atoms with Crippen LogP contribution in [0, 0.1) is 5.41 Å². The van der Waals surface area contributed by atoms with Gasteiger partial charge in [0.15, 0.2) is 21.3 Å². The molecule has 18 nitrogen and oxygen atoms in total. The Bertz CT molecular complexity index is 2350. The summed E-state index contributed by atoms with van der Waals surface area (Å²) in [6.07, 6.45) is 7.08. The Hall–Kier alpha value is -5.95. The Morgan fingerprint density at radius 1 is 0.949 bits per heavy atom. The number of rotatable bonds is 9. The van der Waals surface area contributed by atoms with Crippen molar-refractivity contribution in [2.24, 2.45) is 11.1 Å². The van der Waals surface area contributed by atoms with E-state index in [0.29, 0.717) is 44.2 Å². The number of nitrogens with one attached hydrogen (secondary N) is 3. The average Bonchev–Trinajstić information content (AvgIpc) is 3.70. The number of anilines is 3. The first-order chi connectivity index (χ1) is 28.2.